The first kappa shape index (κ1) is 25.3. The minimum absolute atomic E-state index is 0.0984. The molecule has 0 N–H and O–H groups in total. The molecule has 35 heavy (non-hydrogen) atoms. The van der Waals surface area contributed by atoms with Gasteiger partial charge in [-0.15, -0.1) is 0 Å². The molecule has 2 amide bonds. The van der Waals surface area contributed by atoms with Crippen LogP contribution in [0.1, 0.15) is 5.56 Å². The van der Waals surface area contributed by atoms with E-state index in [2.05, 4.69) is 0 Å². The average molecular weight is 535 g/mol. The highest BCUT2D eigenvalue weighted by atomic mass is 35.5. The van der Waals surface area contributed by atoms with E-state index in [0.717, 1.165) is 5.56 Å². The van der Waals surface area contributed by atoms with Crippen molar-refractivity contribution in [2.75, 3.05) is 52.0 Å². The summed E-state index contributed by atoms with van der Waals surface area (Å²) in [7, 11) is 3.04. The van der Waals surface area contributed by atoms with Gasteiger partial charge in [0.05, 0.1) is 43.0 Å². The zero-order chi connectivity index (χ0) is 24.9. The number of halogens is 1. The van der Waals surface area contributed by atoms with Gasteiger partial charge in [0, 0.05) is 13.1 Å². The zero-order valence-corrected chi connectivity index (χ0v) is 21.5. The Balaban J connectivity index is 1.48. The van der Waals surface area contributed by atoms with Crippen molar-refractivity contribution in [3.63, 3.8) is 0 Å². The van der Waals surface area contributed by atoms with E-state index in [4.69, 9.17) is 42.8 Å². The van der Waals surface area contributed by atoms with Crippen LogP contribution in [0.25, 0.3) is 6.08 Å². The van der Waals surface area contributed by atoms with Crippen LogP contribution in [0.2, 0.25) is 5.02 Å². The van der Waals surface area contributed by atoms with Crippen molar-refractivity contribution >= 4 is 63.5 Å². The third-order valence-corrected chi connectivity index (χ3v) is 6.99. The van der Waals surface area contributed by atoms with Gasteiger partial charge in [0.25, 0.3) is 11.8 Å². The number of rotatable bonds is 7. The number of carbonyl (C=O) groups excluding carboxylic acids is 2. The van der Waals surface area contributed by atoms with Crippen LogP contribution in [0.3, 0.4) is 0 Å². The summed E-state index contributed by atoms with van der Waals surface area (Å²) in [6.45, 7) is 2.07. The molecule has 2 fully saturated rings. The largest absolute Gasteiger partial charge is 0.495 e. The van der Waals surface area contributed by atoms with Crippen LogP contribution in [0, 0.1) is 0 Å². The molecule has 2 heterocycles. The SMILES string of the molecule is COc1ccc(N2C(=O)/C(=C/c3ccc(OCC(=O)N4CCOCC4)c(OC)c3)SC2=S)cc1Cl. The Bertz CT molecular complexity index is 1180. The van der Waals surface area contributed by atoms with Gasteiger partial charge < -0.3 is 23.8 Å². The fraction of sp³-hybridized carbons (Fsp3) is 0.292. The number of morpholine rings is 1. The molecule has 2 aromatic carbocycles. The second-order valence-electron chi connectivity index (χ2n) is 7.53. The van der Waals surface area contributed by atoms with Crippen molar-refractivity contribution in [1.82, 2.24) is 4.90 Å². The Morgan fingerprint density at radius 3 is 2.51 bits per heavy atom. The van der Waals surface area contributed by atoms with Crippen LogP contribution in [0.4, 0.5) is 5.69 Å². The highest BCUT2D eigenvalue weighted by Gasteiger charge is 2.33. The van der Waals surface area contributed by atoms with Crippen molar-refractivity contribution in [2.45, 2.75) is 0 Å². The fourth-order valence-electron chi connectivity index (χ4n) is 3.57. The van der Waals surface area contributed by atoms with Gasteiger partial charge in [-0.05, 0) is 42.0 Å². The zero-order valence-electron chi connectivity index (χ0n) is 19.1. The van der Waals surface area contributed by atoms with Crippen LogP contribution in [0.5, 0.6) is 17.2 Å². The Kier molecular flexibility index (Phi) is 8.17. The molecule has 0 unspecified atom stereocenters. The van der Waals surface area contributed by atoms with E-state index in [1.165, 1.54) is 30.9 Å². The predicted octanol–water partition coefficient (Wildman–Crippen LogP) is 4.00. The lowest BCUT2D eigenvalue weighted by Crippen LogP contribution is -2.43. The van der Waals surface area contributed by atoms with Crippen LogP contribution in [-0.4, -0.2) is 68.2 Å². The number of methoxy groups -OCH3 is 2. The normalized spacial score (nSPS) is 17.2. The van der Waals surface area contributed by atoms with Crippen molar-refractivity contribution < 1.29 is 28.5 Å². The number of nitrogens with zero attached hydrogens (tertiary/aromatic N) is 2. The number of carbonyl (C=O) groups is 2. The molecule has 4 rings (SSSR count). The lowest BCUT2D eigenvalue weighted by Gasteiger charge is -2.26. The maximum absolute atomic E-state index is 13.1. The third kappa shape index (κ3) is 5.72. The monoisotopic (exact) mass is 534 g/mol. The number of thioether (sulfide) groups is 1. The van der Waals surface area contributed by atoms with E-state index in [0.29, 0.717) is 63.5 Å². The summed E-state index contributed by atoms with van der Waals surface area (Å²) in [4.78, 5) is 29.1. The summed E-state index contributed by atoms with van der Waals surface area (Å²) in [5.74, 6) is 1.04. The highest BCUT2D eigenvalue weighted by Crippen LogP contribution is 2.39. The number of anilines is 1. The van der Waals surface area contributed by atoms with Gasteiger partial charge in [0.1, 0.15) is 5.75 Å². The number of hydrogen-bond donors (Lipinski definition) is 0. The lowest BCUT2D eigenvalue weighted by atomic mass is 10.1. The molecule has 0 aliphatic carbocycles. The van der Waals surface area contributed by atoms with Gasteiger partial charge in [-0.25, -0.2) is 0 Å². The molecular formula is C24H23ClN2O6S2. The molecular weight excluding hydrogens is 512 g/mol. The van der Waals surface area contributed by atoms with Crippen LogP contribution < -0.4 is 19.1 Å². The van der Waals surface area contributed by atoms with Gasteiger partial charge in [-0.2, -0.15) is 0 Å². The van der Waals surface area contributed by atoms with Crippen LogP contribution in [-0.2, 0) is 14.3 Å². The predicted molar refractivity (Wildman–Crippen MR) is 140 cm³/mol. The quantitative estimate of drug-likeness (QED) is 0.390. The molecule has 2 saturated heterocycles. The van der Waals surface area contributed by atoms with Gasteiger partial charge in [-0.1, -0.05) is 41.6 Å². The van der Waals surface area contributed by atoms with Gasteiger partial charge in [0.15, 0.2) is 22.4 Å². The van der Waals surface area contributed by atoms with Crippen LogP contribution in [0.15, 0.2) is 41.3 Å². The third-order valence-electron chi connectivity index (χ3n) is 5.39. The molecule has 11 heteroatoms. The topological polar surface area (TPSA) is 77.5 Å². The molecule has 0 atom stereocenters. The molecule has 0 aromatic heterocycles. The highest BCUT2D eigenvalue weighted by molar-refractivity contribution is 8.27. The summed E-state index contributed by atoms with van der Waals surface area (Å²) in [5.41, 5.74) is 1.29. The van der Waals surface area contributed by atoms with E-state index in [1.54, 1.807) is 47.4 Å². The van der Waals surface area contributed by atoms with E-state index >= 15 is 0 Å². The number of thiocarbonyl (C=S) groups is 1. The molecule has 0 spiro atoms. The summed E-state index contributed by atoms with van der Waals surface area (Å²) < 4.78 is 22.0. The number of ether oxygens (including phenoxy) is 4. The van der Waals surface area contributed by atoms with Crippen molar-refractivity contribution in [2.24, 2.45) is 0 Å². The molecule has 2 aliphatic rings. The summed E-state index contributed by atoms with van der Waals surface area (Å²) in [6, 6.07) is 10.3. The smallest absolute Gasteiger partial charge is 0.270 e. The first-order chi connectivity index (χ1) is 16.9. The summed E-state index contributed by atoms with van der Waals surface area (Å²) in [6.07, 6.45) is 1.73. The number of hydrogen-bond acceptors (Lipinski definition) is 8. The maximum atomic E-state index is 13.1. The Hall–Kier alpha value is -2.79. The molecule has 2 aliphatic heterocycles. The van der Waals surface area contributed by atoms with Gasteiger partial charge in [-0.3, -0.25) is 14.5 Å². The molecule has 0 saturated carbocycles. The molecule has 0 bridgehead atoms. The number of amides is 2. The maximum Gasteiger partial charge on any atom is 0.270 e. The van der Waals surface area contributed by atoms with Gasteiger partial charge in [0.2, 0.25) is 0 Å². The fourth-order valence-corrected chi connectivity index (χ4v) is 5.12. The summed E-state index contributed by atoms with van der Waals surface area (Å²) >= 11 is 12.9. The average Bonchev–Trinajstić information content (AvgIpc) is 3.15. The molecule has 2 aromatic rings. The van der Waals surface area contributed by atoms with E-state index in [9.17, 15) is 9.59 Å². The molecule has 184 valence electrons. The van der Waals surface area contributed by atoms with Crippen LogP contribution >= 0.6 is 35.6 Å². The van der Waals surface area contributed by atoms with E-state index < -0.39 is 0 Å². The molecule has 8 nitrogen and oxygen atoms in total. The first-order valence-corrected chi connectivity index (χ1v) is 12.3. The lowest BCUT2D eigenvalue weighted by molar-refractivity contribution is -0.137. The summed E-state index contributed by atoms with van der Waals surface area (Å²) in [5, 5.41) is 0.385. The number of benzene rings is 2. The first-order valence-electron chi connectivity index (χ1n) is 10.7. The van der Waals surface area contributed by atoms with Crippen molar-refractivity contribution in [1.29, 1.82) is 0 Å². The van der Waals surface area contributed by atoms with Crippen molar-refractivity contribution in [3.05, 3.63) is 51.9 Å². The molecule has 0 radical (unpaired) electrons. The Labute approximate surface area is 217 Å². The second-order valence-corrected chi connectivity index (χ2v) is 9.61. The minimum Gasteiger partial charge on any atom is -0.495 e. The Morgan fingerprint density at radius 2 is 1.83 bits per heavy atom. The minimum atomic E-state index is -0.253. The van der Waals surface area contributed by atoms with E-state index in [1.807, 2.05) is 0 Å². The second kappa shape index (κ2) is 11.3. The standard InChI is InChI=1S/C24H23ClN2O6S2/c1-30-18-6-4-16(13-17(18)25)27-23(29)21(35-24(27)34)12-15-3-5-19(20(11-15)31-2)33-14-22(28)26-7-9-32-10-8-26/h3-6,11-13H,7-10,14H2,1-2H3/b21-12-. The van der Waals surface area contributed by atoms with Crippen molar-refractivity contribution in [3.8, 4) is 17.2 Å². The Morgan fingerprint density at radius 1 is 1.11 bits per heavy atom. The van der Waals surface area contributed by atoms with Gasteiger partial charge >= 0.3 is 0 Å². The van der Waals surface area contributed by atoms with E-state index in [-0.39, 0.29) is 18.4 Å².